The minimum Gasteiger partial charge on any atom is -0.469 e. The highest BCUT2D eigenvalue weighted by Gasteiger charge is 2.67. The van der Waals surface area contributed by atoms with Crippen LogP contribution in [0, 0.1) is 17.3 Å². The van der Waals surface area contributed by atoms with Crippen LogP contribution in [0.15, 0.2) is 0 Å². The lowest BCUT2D eigenvalue weighted by Gasteiger charge is -2.35. The normalized spacial score (nSPS) is 49.0. The molecule has 2 heterocycles. The Hall–Kier alpha value is -1.10. The Morgan fingerprint density at radius 2 is 2.31 bits per heavy atom. The average molecular weight is 226 g/mol. The Balaban J connectivity index is 1.98. The van der Waals surface area contributed by atoms with Crippen molar-refractivity contribution < 1.29 is 23.8 Å². The molecule has 3 rings (SSSR count). The van der Waals surface area contributed by atoms with Crippen LogP contribution in [0.5, 0.6) is 0 Å². The number of hydrogen-bond acceptors (Lipinski definition) is 5. The zero-order valence-corrected chi connectivity index (χ0v) is 9.26. The van der Waals surface area contributed by atoms with Gasteiger partial charge in [-0.1, -0.05) is 0 Å². The van der Waals surface area contributed by atoms with E-state index in [4.69, 9.17) is 14.2 Å². The highest BCUT2D eigenvalue weighted by molar-refractivity contribution is 5.87. The second kappa shape index (κ2) is 2.97. The second-order valence-corrected chi connectivity index (χ2v) is 5.02. The Kier molecular flexibility index (Phi) is 1.87. The molecule has 3 aliphatic rings. The number of carbonyl (C=O) groups is 2. The summed E-state index contributed by atoms with van der Waals surface area (Å²) in [5.74, 6) is -0.999. The first-order valence-electron chi connectivity index (χ1n) is 5.48. The highest BCUT2D eigenvalue weighted by atomic mass is 16.6. The molecule has 0 aromatic rings. The summed E-state index contributed by atoms with van der Waals surface area (Å²) < 4.78 is 15.4. The van der Waals surface area contributed by atoms with Gasteiger partial charge in [0.2, 0.25) is 0 Å². The van der Waals surface area contributed by atoms with Crippen LogP contribution < -0.4 is 0 Å². The first kappa shape index (κ1) is 10.1. The average Bonchev–Trinajstić information content (AvgIpc) is 2.92. The molecule has 0 aromatic carbocycles. The van der Waals surface area contributed by atoms with Gasteiger partial charge in [-0.05, 0) is 13.3 Å². The van der Waals surface area contributed by atoms with Gasteiger partial charge in [0, 0.05) is 5.92 Å². The molecular weight excluding hydrogens is 212 g/mol. The van der Waals surface area contributed by atoms with Crippen LogP contribution in [0.1, 0.15) is 13.3 Å². The molecule has 1 saturated carbocycles. The Labute approximate surface area is 93.0 Å². The van der Waals surface area contributed by atoms with Crippen molar-refractivity contribution in [3.05, 3.63) is 0 Å². The molecule has 5 atom stereocenters. The van der Waals surface area contributed by atoms with Gasteiger partial charge in [0.25, 0.3) is 0 Å². The molecule has 0 spiro atoms. The number of hydrogen-bond donors (Lipinski definition) is 0. The van der Waals surface area contributed by atoms with Crippen LogP contribution >= 0.6 is 0 Å². The van der Waals surface area contributed by atoms with E-state index >= 15 is 0 Å². The third-order valence-corrected chi connectivity index (χ3v) is 4.11. The van der Waals surface area contributed by atoms with E-state index in [9.17, 15) is 9.59 Å². The summed E-state index contributed by atoms with van der Waals surface area (Å²) in [5, 5.41) is 0. The third kappa shape index (κ3) is 1.09. The zero-order chi connectivity index (χ0) is 11.5. The van der Waals surface area contributed by atoms with Crippen molar-refractivity contribution in [2.45, 2.75) is 25.6 Å². The monoisotopic (exact) mass is 226 g/mol. The highest BCUT2D eigenvalue weighted by Crippen LogP contribution is 2.55. The fraction of sp³-hybridized carbons (Fsp3) is 0.818. The van der Waals surface area contributed by atoms with Crippen molar-refractivity contribution >= 4 is 11.9 Å². The maximum atomic E-state index is 11.9. The van der Waals surface area contributed by atoms with Gasteiger partial charge in [-0.15, -0.1) is 0 Å². The number of methoxy groups -OCH3 is 1. The number of fused-ring (bicyclic) bond motifs is 3. The lowest BCUT2D eigenvalue weighted by molar-refractivity contribution is -0.163. The molecule has 0 aromatic heterocycles. The van der Waals surface area contributed by atoms with Gasteiger partial charge in [0.05, 0.1) is 37.3 Å². The molecule has 3 fully saturated rings. The third-order valence-electron chi connectivity index (χ3n) is 4.11. The van der Waals surface area contributed by atoms with E-state index in [1.54, 1.807) is 6.92 Å². The Bertz CT molecular complexity index is 365. The quantitative estimate of drug-likeness (QED) is 0.469. The molecule has 2 saturated heterocycles. The van der Waals surface area contributed by atoms with E-state index in [1.807, 2.05) is 0 Å². The molecule has 0 N–H and O–H groups in total. The molecule has 2 aliphatic heterocycles. The van der Waals surface area contributed by atoms with Gasteiger partial charge < -0.3 is 14.2 Å². The van der Waals surface area contributed by atoms with E-state index in [1.165, 1.54) is 7.11 Å². The van der Waals surface area contributed by atoms with Crippen LogP contribution in [0.4, 0.5) is 0 Å². The minimum atomic E-state index is -0.787. The SMILES string of the molecule is COC(=O)[C@]1(C)C[C@@H]2O[C@@H]2[C@H]2COC(=O)[C@H]21. The molecule has 0 radical (unpaired) electrons. The van der Waals surface area contributed by atoms with Crippen LogP contribution in [0.3, 0.4) is 0 Å². The summed E-state index contributed by atoms with van der Waals surface area (Å²) in [5.41, 5.74) is -0.787. The van der Waals surface area contributed by atoms with Crippen LogP contribution in [0.25, 0.3) is 0 Å². The number of esters is 2. The van der Waals surface area contributed by atoms with Gasteiger partial charge in [0.1, 0.15) is 0 Å². The lowest BCUT2D eigenvalue weighted by atomic mass is 9.63. The first-order chi connectivity index (χ1) is 7.58. The van der Waals surface area contributed by atoms with E-state index in [-0.39, 0.29) is 30.1 Å². The van der Waals surface area contributed by atoms with E-state index < -0.39 is 11.3 Å². The summed E-state index contributed by atoms with van der Waals surface area (Å²) in [6, 6.07) is 0. The summed E-state index contributed by atoms with van der Waals surface area (Å²) >= 11 is 0. The maximum Gasteiger partial charge on any atom is 0.312 e. The van der Waals surface area contributed by atoms with Gasteiger partial charge in [-0.3, -0.25) is 9.59 Å². The molecular formula is C11H14O5. The van der Waals surface area contributed by atoms with E-state index in [0.717, 1.165) is 0 Å². The van der Waals surface area contributed by atoms with Crippen molar-refractivity contribution in [3.63, 3.8) is 0 Å². The zero-order valence-electron chi connectivity index (χ0n) is 9.26. The Morgan fingerprint density at radius 3 is 3.00 bits per heavy atom. The predicted octanol–water partition coefficient (Wildman–Crippen LogP) is 0.126. The smallest absolute Gasteiger partial charge is 0.312 e. The maximum absolute atomic E-state index is 11.9. The second-order valence-electron chi connectivity index (χ2n) is 5.02. The summed E-state index contributed by atoms with van der Waals surface area (Å²) in [7, 11) is 1.35. The summed E-state index contributed by atoms with van der Waals surface area (Å²) in [6.45, 7) is 2.15. The molecule has 1 aliphatic carbocycles. The molecule has 0 amide bonds. The van der Waals surface area contributed by atoms with Crippen molar-refractivity contribution in [2.24, 2.45) is 17.3 Å². The van der Waals surface area contributed by atoms with Crippen molar-refractivity contribution in [1.29, 1.82) is 0 Å². The van der Waals surface area contributed by atoms with Gasteiger partial charge in [-0.25, -0.2) is 0 Å². The number of carbonyl (C=O) groups excluding carboxylic acids is 2. The molecule has 5 heteroatoms. The predicted molar refractivity (Wildman–Crippen MR) is 51.3 cm³/mol. The lowest BCUT2D eigenvalue weighted by Crippen LogP contribution is -2.47. The Morgan fingerprint density at radius 1 is 1.56 bits per heavy atom. The van der Waals surface area contributed by atoms with Crippen molar-refractivity contribution in [1.82, 2.24) is 0 Å². The summed E-state index contributed by atoms with van der Waals surface area (Å²) in [4.78, 5) is 23.6. The summed E-state index contributed by atoms with van der Waals surface area (Å²) in [6.07, 6.45) is 0.759. The van der Waals surface area contributed by atoms with Gasteiger partial charge in [-0.2, -0.15) is 0 Å². The van der Waals surface area contributed by atoms with Gasteiger partial charge in [0.15, 0.2) is 0 Å². The molecule has 16 heavy (non-hydrogen) atoms. The largest absolute Gasteiger partial charge is 0.469 e. The van der Waals surface area contributed by atoms with E-state index in [2.05, 4.69) is 0 Å². The van der Waals surface area contributed by atoms with Crippen LogP contribution in [-0.2, 0) is 23.8 Å². The standard InChI is InChI=1S/C11H14O5/c1-11(10(13)14-2)3-6-8(16-6)5-4-15-9(12)7(5)11/h5-8H,3-4H2,1-2H3/t5-,6-,7-,8+,11+/m0/s1. The fourth-order valence-corrected chi connectivity index (χ4v) is 3.24. The van der Waals surface area contributed by atoms with Crippen LogP contribution in [-0.4, -0.2) is 37.9 Å². The van der Waals surface area contributed by atoms with Crippen molar-refractivity contribution in [3.8, 4) is 0 Å². The van der Waals surface area contributed by atoms with Gasteiger partial charge >= 0.3 is 11.9 Å². The number of rotatable bonds is 1. The number of epoxide rings is 1. The number of cyclic esters (lactones) is 1. The fourth-order valence-electron chi connectivity index (χ4n) is 3.24. The minimum absolute atomic E-state index is 0.0235. The first-order valence-corrected chi connectivity index (χ1v) is 5.48. The molecule has 88 valence electrons. The van der Waals surface area contributed by atoms with E-state index in [0.29, 0.717) is 13.0 Å². The topological polar surface area (TPSA) is 65.1 Å². The van der Waals surface area contributed by atoms with Crippen LogP contribution in [0.2, 0.25) is 0 Å². The molecule has 5 nitrogen and oxygen atoms in total. The van der Waals surface area contributed by atoms with Crippen molar-refractivity contribution in [2.75, 3.05) is 13.7 Å². The molecule has 0 bridgehead atoms. The number of ether oxygens (including phenoxy) is 3. The molecule has 0 unspecified atom stereocenters.